The lowest BCUT2D eigenvalue weighted by atomic mass is 10.2. The molecule has 0 spiro atoms. The van der Waals surface area contributed by atoms with Crippen molar-refractivity contribution in [3.63, 3.8) is 0 Å². The second kappa shape index (κ2) is 9.07. The third-order valence-corrected chi connectivity index (χ3v) is 5.35. The van der Waals surface area contributed by atoms with E-state index >= 15 is 0 Å². The van der Waals surface area contributed by atoms with Gasteiger partial charge < -0.3 is 16.0 Å². The van der Waals surface area contributed by atoms with E-state index in [4.69, 9.17) is 11.6 Å². The first-order valence-electron chi connectivity index (χ1n) is 8.38. The zero-order valence-corrected chi connectivity index (χ0v) is 15.7. The first kappa shape index (κ1) is 18.8. The van der Waals surface area contributed by atoms with Crippen LogP contribution >= 0.6 is 23.4 Å². The molecule has 1 saturated heterocycles. The second-order valence-electron chi connectivity index (χ2n) is 6.02. The molecule has 0 radical (unpaired) electrons. The molecule has 2 aromatic carbocycles. The third kappa shape index (κ3) is 5.49. The zero-order valence-electron chi connectivity index (χ0n) is 14.1. The van der Waals surface area contributed by atoms with Crippen LogP contribution in [0.15, 0.2) is 48.5 Å². The predicted molar refractivity (Wildman–Crippen MR) is 108 cm³/mol. The number of hydrogen-bond donors (Lipinski definition) is 3. The van der Waals surface area contributed by atoms with Gasteiger partial charge in [-0.15, -0.1) is 0 Å². The standard InChI is InChI=1S/C19H20ClN3O2S/c20-14-3-1-13(2-4-14)19(25)23-16-7-5-15(6-8-16)22-18(24)11-17-12-26-10-9-21-17/h1-8,17,21H,9-12H2,(H,22,24)(H,23,25). The quantitative estimate of drug-likeness (QED) is 0.730. The minimum absolute atomic E-state index is 0.0112. The number of rotatable bonds is 5. The first-order chi connectivity index (χ1) is 12.6. The number of halogens is 1. The van der Waals surface area contributed by atoms with Crippen molar-refractivity contribution >= 4 is 46.6 Å². The molecule has 0 aliphatic carbocycles. The number of carbonyl (C=O) groups excluding carboxylic acids is 2. The van der Waals surface area contributed by atoms with E-state index in [1.807, 2.05) is 11.8 Å². The van der Waals surface area contributed by atoms with Crippen molar-refractivity contribution in [2.75, 3.05) is 28.7 Å². The van der Waals surface area contributed by atoms with Crippen LogP contribution in [0.5, 0.6) is 0 Å². The highest BCUT2D eigenvalue weighted by molar-refractivity contribution is 7.99. The highest BCUT2D eigenvalue weighted by atomic mass is 35.5. The number of anilines is 2. The summed E-state index contributed by atoms with van der Waals surface area (Å²) in [6.07, 6.45) is 0.460. The maximum atomic E-state index is 12.2. The second-order valence-corrected chi connectivity index (χ2v) is 7.60. The molecule has 5 nitrogen and oxygen atoms in total. The number of thioether (sulfide) groups is 1. The zero-order chi connectivity index (χ0) is 18.4. The van der Waals surface area contributed by atoms with Crippen molar-refractivity contribution in [2.24, 2.45) is 0 Å². The summed E-state index contributed by atoms with van der Waals surface area (Å²) < 4.78 is 0. The summed E-state index contributed by atoms with van der Waals surface area (Å²) in [5.41, 5.74) is 1.90. The minimum Gasteiger partial charge on any atom is -0.326 e. The van der Waals surface area contributed by atoms with E-state index in [0.717, 1.165) is 18.1 Å². The molecule has 2 amide bonds. The van der Waals surface area contributed by atoms with Gasteiger partial charge in [-0.05, 0) is 48.5 Å². The van der Waals surface area contributed by atoms with E-state index < -0.39 is 0 Å². The first-order valence-corrected chi connectivity index (χ1v) is 9.91. The molecule has 3 rings (SSSR count). The van der Waals surface area contributed by atoms with E-state index in [9.17, 15) is 9.59 Å². The van der Waals surface area contributed by atoms with Crippen LogP contribution in [0.25, 0.3) is 0 Å². The fraction of sp³-hybridized carbons (Fsp3) is 0.263. The Hall–Kier alpha value is -2.02. The van der Waals surface area contributed by atoms with Gasteiger partial charge >= 0.3 is 0 Å². The molecular formula is C19H20ClN3O2S. The number of benzene rings is 2. The summed E-state index contributed by atoms with van der Waals surface area (Å²) in [5.74, 6) is 1.84. The van der Waals surface area contributed by atoms with Crippen LogP contribution < -0.4 is 16.0 Å². The molecule has 1 atom stereocenters. The molecule has 7 heteroatoms. The highest BCUT2D eigenvalue weighted by Gasteiger charge is 2.16. The SMILES string of the molecule is O=C(CC1CSCCN1)Nc1ccc(NC(=O)c2ccc(Cl)cc2)cc1. The van der Waals surface area contributed by atoms with Crippen molar-refractivity contribution in [3.8, 4) is 0 Å². The topological polar surface area (TPSA) is 70.2 Å². The fourth-order valence-electron chi connectivity index (χ4n) is 2.63. The van der Waals surface area contributed by atoms with Gasteiger partial charge in [-0.1, -0.05) is 11.6 Å². The van der Waals surface area contributed by atoms with Crippen molar-refractivity contribution < 1.29 is 9.59 Å². The smallest absolute Gasteiger partial charge is 0.255 e. The summed E-state index contributed by atoms with van der Waals surface area (Å²) in [5, 5.41) is 9.64. The summed E-state index contributed by atoms with van der Waals surface area (Å²) in [4.78, 5) is 24.3. The summed E-state index contributed by atoms with van der Waals surface area (Å²) in [6.45, 7) is 0.949. The van der Waals surface area contributed by atoms with Gasteiger partial charge in [0.05, 0.1) is 0 Å². The van der Waals surface area contributed by atoms with Gasteiger partial charge in [0.15, 0.2) is 0 Å². The van der Waals surface area contributed by atoms with Crippen molar-refractivity contribution in [2.45, 2.75) is 12.5 Å². The molecule has 0 bridgehead atoms. The van der Waals surface area contributed by atoms with Gasteiger partial charge in [0, 0.05) is 52.5 Å². The third-order valence-electron chi connectivity index (χ3n) is 3.96. The van der Waals surface area contributed by atoms with Gasteiger partial charge in [0.1, 0.15) is 0 Å². The monoisotopic (exact) mass is 389 g/mol. The van der Waals surface area contributed by atoms with Crippen LogP contribution in [-0.2, 0) is 4.79 Å². The average molecular weight is 390 g/mol. The molecular weight excluding hydrogens is 370 g/mol. The molecule has 26 heavy (non-hydrogen) atoms. The Kier molecular flexibility index (Phi) is 6.55. The molecule has 2 aromatic rings. The minimum atomic E-state index is -0.209. The van der Waals surface area contributed by atoms with E-state index in [0.29, 0.717) is 28.4 Å². The van der Waals surface area contributed by atoms with Crippen molar-refractivity contribution in [3.05, 3.63) is 59.1 Å². The number of carbonyl (C=O) groups is 2. The molecule has 1 fully saturated rings. The molecule has 1 aliphatic heterocycles. The van der Waals surface area contributed by atoms with E-state index in [1.165, 1.54) is 0 Å². The number of hydrogen-bond acceptors (Lipinski definition) is 4. The Bertz CT molecular complexity index is 759. The van der Waals surface area contributed by atoms with Crippen LogP contribution in [0.4, 0.5) is 11.4 Å². The van der Waals surface area contributed by atoms with Gasteiger partial charge in [0.25, 0.3) is 5.91 Å². The van der Waals surface area contributed by atoms with Gasteiger partial charge in [-0.25, -0.2) is 0 Å². The maximum Gasteiger partial charge on any atom is 0.255 e. The molecule has 1 aliphatic rings. The van der Waals surface area contributed by atoms with Crippen molar-refractivity contribution in [1.82, 2.24) is 5.32 Å². The molecule has 1 heterocycles. The molecule has 1 unspecified atom stereocenters. The molecule has 3 N–H and O–H groups in total. The lowest BCUT2D eigenvalue weighted by Crippen LogP contribution is -2.39. The normalized spacial score (nSPS) is 16.7. The van der Waals surface area contributed by atoms with Gasteiger partial charge in [-0.3, -0.25) is 9.59 Å². The Morgan fingerprint density at radius 3 is 2.31 bits per heavy atom. The van der Waals surface area contributed by atoms with Crippen LogP contribution in [0.1, 0.15) is 16.8 Å². The maximum absolute atomic E-state index is 12.2. The van der Waals surface area contributed by atoms with Gasteiger partial charge in [0.2, 0.25) is 5.91 Å². The largest absolute Gasteiger partial charge is 0.326 e. The molecule has 0 saturated carbocycles. The predicted octanol–water partition coefficient (Wildman–Crippen LogP) is 3.63. The summed E-state index contributed by atoms with van der Waals surface area (Å²) in [6, 6.07) is 14.0. The molecule has 0 aromatic heterocycles. The highest BCUT2D eigenvalue weighted by Crippen LogP contribution is 2.17. The lowest BCUT2D eigenvalue weighted by molar-refractivity contribution is -0.116. The Morgan fingerprint density at radius 1 is 1.04 bits per heavy atom. The molecule has 136 valence electrons. The fourth-order valence-corrected chi connectivity index (χ4v) is 3.70. The van der Waals surface area contributed by atoms with E-state index in [1.54, 1.807) is 48.5 Å². The number of amides is 2. The Balaban J connectivity index is 1.52. The lowest BCUT2D eigenvalue weighted by Gasteiger charge is -2.22. The average Bonchev–Trinajstić information content (AvgIpc) is 2.64. The van der Waals surface area contributed by atoms with E-state index in [2.05, 4.69) is 16.0 Å². The summed E-state index contributed by atoms with van der Waals surface area (Å²) >= 11 is 7.69. The van der Waals surface area contributed by atoms with Crippen LogP contribution in [0.2, 0.25) is 5.02 Å². The van der Waals surface area contributed by atoms with Crippen LogP contribution in [-0.4, -0.2) is 35.9 Å². The van der Waals surface area contributed by atoms with E-state index in [-0.39, 0.29) is 17.9 Å². The number of nitrogens with one attached hydrogen (secondary N) is 3. The summed E-state index contributed by atoms with van der Waals surface area (Å²) in [7, 11) is 0. The van der Waals surface area contributed by atoms with Crippen molar-refractivity contribution in [1.29, 1.82) is 0 Å². The van der Waals surface area contributed by atoms with Crippen LogP contribution in [0.3, 0.4) is 0 Å². The Morgan fingerprint density at radius 2 is 1.69 bits per heavy atom. The Labute approximate surface area is 161 Å². The van der Waals surface area contributed by atoms with Crippen LogP contribution in [0, 0.1) is 0 Å². The van der Waals surface area contributed by atoms with Gasteiger partial charge in [-0.2, -0.15) is 11.8 Å².